The second kappa shape index (κ2) is 3.97. The molecule has 0 spiro atoms. The van der Waals surface area contributed by atoms with Crippen molar-refractivity contribution in [3.63, 3.8) is 0 Å². The average molecular weight is 195 g/mol. The zero-order chi connectivity index (χ0) is 10.8. The summed E-state index contributed by atoms with van der Waals surface area (Å²) in [6.07, 6.45) is 0. The van der Waals surface area contributed by atoms with E-state index in [1.54, 1.807) is 6.92 Å². The van der Waals surface area contributed by atoms with Crippen LogP contribution in [0.25, 0.3) is 0 Å². The normalized spacial score (nSPS) is 19.1. The summed E-state index contributed by atoms with van der Waals surface area (Å²) in [5, 5.41) is 8.95. The van der Waals surface area contributed by atoms with Gasteiger partial charge in [0.25, 0.3) is 0 Å². The van der Waals surface area contributed by atoms with E-state index >= 15 is 0 Å². The van der Waals surface area contributed by atoms with Crippen molar-refractivity contribution in [2.45, 2.75) is 26.3 Å². The zero-order valence-corrected chi connectivity index (χ0v) is 9.08. The minimum Gasteiger partial charge on any atom is -0.340 e. The number of hydrogen-bond donors (Lipinski definition) is 0. The molecule has 0 aliphatic carbocycles. The highest BCUT2D eigenvalue weighted by molar-refractivity contribution is 5.73. The van der Waals surface area contributed by atoms with E-state index in [-0.39, 0.29) is 5.91 Å². The summed E-state index contributed by atoms with van der Waals surface area (Å²) in [6, 6.07) is 2.28. The van der Waals surface area contributed by atoms with Crippen LogP contribution >= 0.6 is 0 Å². The van der Waals surface area contributed by atoms with Crippen LogP contribution in [0.15, 0.2) is 0 Å². The number of carbonyl (C=O) groups is 1. The van der Waals surface area contributed by atoms with Gasteiger partial charge in [0.2, 0.25) is 5.91 Å². The number of amides is 1. The van der Waals surface area contributed by atoms with E-state index in [0.717, 1.165) is 26.2 Å². The molecule has 14 heavy (non-hydrogen) atoms. The Balaban J connectivity index is 2.52. The van der Waals surface area contributed by atoms with E-state index in [2.05, 4.69) is 11.0 Å². The molecule has 0 aromatic rings. The van der Waals surface area contributed by atoms with Crippen molar-refractivity contribution >= 4 is 5.91 Å². The Hall–Kier alpha value is -1.08. The van der Waals surface area contributed by atoms with Gasteiger partial charge in [0.1, 0.15) is 5.54 Å². The number of hydrogen-bond acceptors (Lipinski definition) is 3. The standard InChI is InChI=1S/C10H17N3O/c1-9(14)12-4-6-13(7-5-12)10(2,3)8-11/h4-7H2,1-3H3. The van der Waals surface area contributed by atoms with E-state index in [0.29, 0.717) is 0 Å². The Labute approximate surface area is 85.1 Å². The Morgan fingerprint density at radius 1 is 1.29 bits per heavy atom. The van der Waals surface area contributed by atoms with Crippen molar-refractivity contribution in [1.82, 2.24) is 9.80 Å². The van der Waals surface area contributed by atoms with Gasteiger partial charge >= 0.3 is 0 Å². The monoisotopic (exact) mass is 195 g/mol. The number of nitriles is 1. The summed E-state index contributed by atoms with van der Waals surface area (Å²) >= 11 is 0. The Bertz CT molecular complexity index is 259. The van der Waals surface area contributed by atoms with Crippen LogP contribution in [0.1, 0.15) is 20.8 Å². The van der Waals surface area contributed by atoms with Crippen molar-refractivity contribution in [2.75, 3.05) is 26.2 Å². The SMILES string of the molecule is CC(=O)N1CCN(C(C)(C)C#N)CC1. The van der Waals surface area contributed by atoms with Crippen LogP contribution < -0.4 is 0 Å². The third-order valence-electron chi connectivity index (χ3n) is 2.79. The van der Waals surface area contributed by atoms with Gasteiger partial charge in [0, 0.05) is 33.1 Å². The molecule has 0 unspecified atom stereocenters. The molecule has 4 nitrogen and oxygen atoms in total. The smallest absolute Gasteiger partial charge is 0.219 e. The topological polar surface area (TPSA) is 47.3 Å². The zero-order valence-electron chi connectivity index (χ0n) is 9.08. The molecule has 1 aliphatic heterocycles. The second-order valence-electron chi connectivity index (χ2n) is 4.16. The fraction of sp³-hybridized carbons (Fsp3) is 0.800. The van der Waals surface area contributed by atoms with Crippen LogP contribution in [-0.4, -0.2) is 47.4 Å². The molecular formula is C10H17N3O. The first-order chi connectivity index (χ1) is 6.47. The van der Waals surface area contributed by atoms with Crippen molar-refractivity contribution in [3.05, 3.63) is 0 Å². The van der Waals surface area contributed by atoms with Crippen LogP contribution in [0.2, 0.25) is 0 Å². The number of carbonyl (C=O) groups excluding carboxylic acids is 1. The minimum atomic E-state index is -0.414. The molecule has 1 aliphatic rings. The predicted octanol–water partition coefficient (Wildman–Crippen LogP) is 0.453. The molecule has 78 valence electrons. The fourth-order valence-electron chi connectivity index (χ4n) is 1.65. The summed E-state index contributed by atoms with van der Waals surface area (Å²) in [7, 11) is 0. The van der Waals surface area contributed by atoms with Gasteiger partial charge in [-0.2, -0.15) is 5.26 Å². The highest BCUT2D eigenvalue weighted by Gasteiger charge is 2.30. The van der Waals surface area contributed by atoms with Crippen molar-refractivity contribution in [2.24, 2.45) is 0 Å². The molecule has 1 saturated heterocycles. The van der Waals surface area contributed by atoms with Crippen LogP contribution in [-0.2, 0) is 4.79 Å². The second-order valence-corrected chi connectivity index (χ2v) is 4.16. The third kappa shape index (κ3) is 2.24. The molecule has 0 saturated carbocycles. The summed E-state index contributed by atoms with van der Waals surface area (Å²) in [6.45, 7) is 8.47. The molecule has 0 radical (unpaired) electrons. The highest BCUT2D eigenvalue weighted by Crippen LogP contribution is 2.15. The van der Waals surface area contributed by atoms with E-state index in [9.17, 15) is 4.79 Å². The van der Waals surface area contributed by atoms with Crippen molar-refractivity contribution in [1.29, 1.82) is 5.26 Å². The predicted molar refractivity (Wildman–Crippen MR) is 53.5 cm³/mol. The first-order valence-electron chi connectivity index (χ1n) is 4.89. The quantitative estimate of drug-likeness (QED) is 0.610. The van der Waals surface area contributed by atoms with Crippen molar-refractivity contribution in [3.8, 4) is 6.07 Å². The maximum absolute atomic E-state index is 11.1. The largest absolute Gasteiger partial charge is 0.340 e. The summed E-state index contributed by atoms with van der Waals surface area (Å²) < 4.78 is 0. The van der Waals surface area contributed by atoms with Gasteiger partial charge in [-0.1, -0.05) is 0 Å². The molecule has 1 amide bonds. The molecule has 0 aromatic carbocycles. The molecule has 0 atom stereocenters. The lowest BCUT2D eigenvalue weighted by Crippen LogP contribution is -2.54. The highest BCUT2D eigenvalue weighted by atomic mass is 16.2. The molecule has 1 fully saturated rings. The number of nitrogens with zero attached hydrogens (tertiary/aromatic N) is 3. The lowest BCUT2D eigenvalue weighted by Gasteiger charge is -2.40. The first-order valence-corrected chi connectivity index (χ1v) is 4.89. The third-order valence-corrected chi connectivity index (χ3v) is 2.79. The van der Waals surface area contributed by atoms with Gasteiger partial charge in [-0.3, -0.25) is 9.69 Å². The van der Waals surface area contributed by atoms with Gasteiger partial charge in [0.15, 0.2) is 0 Å². The lowest BCUT2D eigenvalue weighted by molar-refractivity contribution is -0.131. The van der Waals surface area contributed by atoms with Gasteiger partial charge in [0.05, 0.1) is 6.07 Å². The van der Waals surface area contributed by atoms with Crippen LogP contribution in [0, 0.1) is 11.3 Å². The van der Waals surface area contributed by atoms with Gasteiger partial charge in [-0.25, -0.2) is 0 Å². The Morgan fingerprint density at radius 2 is 1.79 bits per heavy atom. The van der Waals surface area contributed by atoms with E-state index in [1.165, 1.54) is 0 Å². The number of piperazine rings is 1. The van der Waals surface area contributed by atoms with E-state index in [4.69, 9.17) is 5.26 Å². The summed E-state index contributed by atoms with van der Waals surface area (Å²) in [5.41, 5.74) is -0.414. The maximum Gasteiger partial charge on any atom is 0.219 e. The van der Waals surface area contributed by atoms with Crippen LogP contribution in [0.3, 0.4) is 0 Å². The van der Waals surface area contributed by atoms with E-state index in [1.807, 2.05) is 18.7 Å². The summed E-state index contributed by atoms with van der Waals surface area (Å²) in [4.78, 5) is 15.0. The van der Waals surface area contributed by atoms with Gasteiger partial charge in [-0.05, 0) is 13.8 Å². The van der Waals surface area contributed by atoms with Gasteiger partial charge in [-0.15, -0.1) is 0 Å². The first kappa shape index (κ1) is 11.0. The molecule has 4 heteroatoms. The maximum atomic E-state index is 11.1. The molecule has 1 rings (SSSR count). The molecule has 1 heterocycles. The fourth-order valence-corrected chi connectivity index (χ4v) is 1.65. The average Bonchev–Trinajstić information content (AvgIpc) is 2.18. The van der Waals surface area contributed by atoms with E-state index < -0.39 is 5.54 Å². The minimum absolute atomic E-state index is 0.124. The summed E-state index contributed by atoms with van der Waals surface area (Å²) in [5.74, 6) is 0.124. The number of rotatable bonds is 1. The Morgan fingerprint density at radius 3 is 2.14 bits per heavy atom. The lowest BCUT2D eigenvalue weighted by atomic mass is 10.0. The molecule has 0 N–H and O–H groups in total. The van der Waals surface area contributed by atoms with Crippen LogP contribution in [0.4, 0.5) is 0 Å². The molecule has 0 bridgehead atoms. The molecular weight excluding hydrogens is 178 g/mol. The van der Waals surface area contributed by atoms with Crippen molar-refractivity contribution < 1.29 is 4.79 Å². The Kier molecular flexibility index (Phi) is 3.12. The van der Waals surface area contributed by atoms with Gasteiger partial charge < -0.3 is 4.90 Å². The molecule has 0 aromatic heterocycles. The van der Waals surface area contributed by atoms with Crippen LogP contribution in [0.5, 0.6) is 0 Å².